The third-order valence-corrected chi connectivity index (χ3v) is 5.65. The van der Waals surface area contributed by atoms with Crippen molar-refractivity contribution in [2.24, 2.45) is 0 Å². The molecule has 4 nitrogen and oxygen atoms in total. The molecule has 1 saturated carbocycles. The molecule has 0 aromatic heterocycles. The Morgan fingerprint density at radius 2 is 1.68 bits per heavy atom. The molecule has 0 N–H and O–H groups in total. The van der Waals surface area contributed by atoms with E-state index in [1.165, 1.54) is 11.6 Å². The van der Waals surface area contributed by atoms with Crippen LogP contribution < -0.4 is 0 Å². The highest BCUT2D eigenvalue weighted by molar-refractivity contribution is 5.78. The van der Waals surface area contributed by atoms with Crippen LogP contribution in [0.1, 0.15) is 24.0 Å². The van der Waals surface area contributed by atoms with Crippen molar-refractivity contribution in [1.29, 1.82) is 0 Å². The lowest BCUT2D eigenvalue weighted by Crippen LogP contribution is -2.51. The van der Waals surface area contributed by atoms with E-state index in [-0.39, 0.29) is 11.7 Å². The Morgan fingerprint density at radius 3 is 2.36 bits per heavy atom. The minimum atomic E-state index is -0.214. The van der Waals surface area contributed by atoms with Crippen LogP contribution in [0.4, 0.5) is 4.39 Å². The van der Waals surface area contributed by atoms with E-state index in [4.69, 9.17) is 0 Å². The van der Waals surface area contributed by atoms with Gasteiger partial charge in [0.1, 0.15) is 5.82 Å². The normalized spacial score (nSPS) is 17.9. The highest BCUT2D eigenvalue weighted by Crippen LogP contribution is 2.28. The zero-order chi connectivity index (χ0) is 19.3. The molecule has 1 aliphatic carbocycles. The quantitative estimate of drug-likeness (QED) is 0.737. The fourth-order valence-electron chi connectivity index (χ4n) is 3.89. The number of nitrogens with zero attached hydrogens (tertiary/aromatic N) is 3. The van der Waals surface area contributed by atoms with Gasteiger partial charge >= 0.3 is 0 Å². The molecule has 1 saturated heterocycles. The second-order valence-electron chi connectivity index (χ2n) is 7.91. The summed E-state index contributed by atoms with van der Waals surface area (Å²) in [4.78, 5) is 19.5. The number of rotatable bonds is 7. The van der Waals surface area contributed by atoms with Gasteiger partial charge in [0.15, 0.2) is 0 Å². The average molecular weight is 381 g/mol. The maximum atomic E-state index is 13.5. The van der Waals surface area contributed by atoms with E-state index in [9.17, 15) is 9.18 Å². The summed E-state index contributed by atoms with van der Waals surface area (Å²) in [5.41, 5.74) is 2.25. The summed E-state index contributed by atoms with van der Waals surface area (Å²) >= 11 is 0. The second kappa shape index (κ2) is 8.84. The highest BCUT2D eigenvalue weighted by atomic mass is 19.1. The van der Waals surface area contributed by atoms with Gasteiger partial charge in [-0.3, -0.25) is 14.6 Å². The number of piperazine rings is 1. The van der Waals surface area contributed by atoms with Crippen LogP contribution in [0.3, 0.4) is 0 Å². The lowest BCUT2D eigenvalue weighted by Gasteiger charge is -2.36. The van der Waals surface area contributed by atoms with Gasteiger partial charge in [0.25, 0.3) is 0 Å². The lowest BCUT2D eigenvalue weighted by molar-refractivity contribution is -0.134. The molecule has 2 aromatic rings. The smallest absolute Gasteiger partial charge is 0.236 e. The molecule has 0 bridgehead atoms. The van der Waals surface area contributed by atoms with Crippen LogP contribution in [-0.2, 0) is 17.9 Å². The van der Waals surface area contributed by atoms with E-state index in [1.54, 1.807) is 12.1 Å². The first-order valence-electron chi connectivity index (χ1n) is 10.2. The predicted octanol–water partition coefficient (Wildman–Crippen LogP) is 3.13. The Labute approximate surface area is 166 Å². The summed E-state index contributed by atoms with van der Waals surface area (Å²) in [6, 6.07) is 17.7. The van der Waals surface area contributed by atoms with Gasteiger partial charge in [-0.05, 0) is 36.1 Å². The van der Waals surface area contributed by atoms with Gasteiger partial charge in [-0.1, -0.05) is 42.5 Å². The van der Waals surface area contributed by atoms with Crippen molar-refractivity contribution in [3.05, 3.63) is 71.5 Å². The molecular formula is C23H28FN3O. The number of benzene rings is 2. The van der Waals surface area contributed by atoms with Crippen molar-refractivity contribution in [3.63, 3.8) is 0 Å². The number of halogens is 1. The molecule has 0 radical (unpaired) electrons. The van der Waals surface area contributed by atoms with E-state index >= 15 is 0 Å². The first-order chi connectivity index (χ1) is 13.7. The molecule has 2 aromatic carbocycles. The Bertz CT molecular complexity index is 785. The number of hydrogen-bond donors (Lipinski definition) is 0. The van der Waals surface area contributed by atoms with Gasteiger partial charge in [-0.25, -0.2) is 4.39 Å². The monoisotopic (exact) mass is 381 g/mol. The third kappa shape index (κ3) is 5.18. The molecular weight excluding hydrogens is 353 g/mol. The van der Waals surface area contributed by atoms with Crippen molar-refractivity contribution in [2.75, 3.05) is 32.7 Å². The molecule has 1 aliphatic heterocycles. The van der Waals surface area contributed by atoms with Gasteiger partial charge in [-0.2, -0.15) is 0 Å². The van der Waals surface area contributed by atoms with Crippen LogP contribution >= 0.6 is 0 Å². The maximum Gasteiger partial charge on any atom is 0.236 e. The van der Waals surface area contributed by atoms with E-state index in [0.29, 0.717) is 19.1 Å². The van der Waals surface area contributed by atoms with Crippen LogP contribution in [0.2, 0.25) is 0 Å². The van der Waals surface area contributed by atoms with Crippen LogP contribution in [-0.4, -0.2) is 59.4 Å². The summed E-state index contributed by atoms with van der Waals surface area (Å²) in [7, 11) is 0. The molecule has 5 heteroatoms. The lowest BCUT2D eigenvalue weighted by atomic mass is 10.2. The summed E-state index contributed by atoms with van der Waals surface area (Å²) in [6.45, 7) is 5.40. The van der Waals surface area contributed by atoms with Gasteiger partial charge in [0.2, 0.25) is 5.91 Å². The van der Waals surface area contributed by atoms with E-state index in [1.807, 2.05) is 17.0 Å². The Balaban J connectivity index is 1.28. The first-order valence-corrected chi connectivity index (χ1v) is 10.2. The zero-order valence-corrected chi connectivity index (χ0v) is 16.3. The number of hydrogen-bond acceptors (Lipinski definition) is 3. The Morgan fingerprint density at radius 1 is 0.964 bits per heavy atom. The molecule has 2 fully saturated rings. The molecule has 2 aliphatic rings. The standard InChI is InChI=1S/C23H28FN3O/c24-21-8-4-7-20(15-21)17-27(22-9-10-22)18-23(28)26-13-11-25(12-14-26)16-19-5-2-1-3-6-19/h1-8,15,22H,9-14,16-18H2. The van der Waals surface area contributed by atoms with E-state index < -0.39 is 0 Å². The van der Waals surface area contributed by atoms with E-state index in [0.717, 1.165) is 51.1 Å². The Hall–Kier alpha value is -2.24. The van der Waals surface area contributed by atoms with Gasteiger partial charge in [-0.15, -0.1) is 0 Å². The Kier molecular flexibility index (Phi) is 6.03. The molecule has 4 rings (SSSR count). The summed E-state index contributed by atoms with van der Waals surface area (Å²) in [6.07, 6.45) is 2.26. The number of carbonyl (C=O) groups is 1. The van der Waals surface area contributed by atoms with Crippen molar-refractivity contribution in [1.82, 2.24) is 14.7 Å². The van der Waals surface area contributed by atoms with Crippen LogP contribution in [0.15, 0.2) is 54.6 Å². The van der Waals surface area contributed by atoms with Crippen molar-refractivity contribution in [3.8, 4) is 0 Å². The van der Waals surface area contributed by atoms with Gasteiger partial charge in [0, 0.05) is 45.3 Å². The van der Waals surface area contributed by atoms with Crippen LogP contribution in [0.25, 0.3) is 0 Å². The predicted molar refractivity (Wildman–Crippen MR) is 108 cm³/mol. The van der Waals surface area contributed by atoms with Crippen LogP contribution in [0.5, 0.6) is 0 Å². The topological polar surface area (TPSA) is 26.8 Å². The third-order valence-electron chi connectivity index (χ3n) is 5.65. The maximum absolute atomic E-state index is 13.5. The summed E-state index contributed by atoms with van der Waals surface area (Å²) in [5.74, 6) is -0.0169. The number of amides is 1. The second-order valence-corrected chi connectivity index (χ2v) is 7.91. The molecule has 1 amide bonds. The van der Waals surface area contributed by atoms with Gasteiger partial charge < -0.3 is 4.90 Å². The largest absolute Gasteiger partial charge is 0.339 e. The molecule has 28 heavy (non-hydrogen) atoms. The van der Waals surface area contributed by atoms with Crippen molar-refractivity contribution in [2.45, 2.75) is 32.0 Å². The molecule has 0 spiro atoms. The first kappa shape index (κ1) is 19.1. The highest BCUT2D eigenvalue weighted by Gasteiger charge is 2.32. The van der Waals surface area contributed by atoms with Crippen LogP contribution in [0, 0.1) is 5.82 Å². The minimum absolute atomic E-state index is 0.197. The summed E-state index contributed by atoms with van der Waals surface area (Å²) < 4.78 is 13.5. The molecule has 0 atom stereocenters. The number of carbonyl (C=O) groups excluding carboxylic acids is 1. The average Bonchev–Trinajstić information content (AvgIpc) is 3.54. The SMILES string of the molecule is O=C(CN(Cc1cccc(F)c1)C1CC1)N1CCN(Cc2ccccc2)CC1. The molecule has 148 valence electrons. The van der Waals surface area contributed by atoms with E-state index in [2.05, 4.69) is 34.1 Å². The van der Waals surface area contributed by atoms with Crippen molar-refractivity contribution < 1.29 is 9.18 Å². The van der Waals surface area contributed by atoms with Gasteiger partial charge in [0.05, 0.1) is 6.54 Å². The summed E-state index contributed by atoms with van der Waals surface area (Å²) in [5, 5.41) is 0. The zero-order valence-electron chi connectivity index (χ0n) is 16.3. The molecule has 1 heterocycles. The van der Waals surface area contributed by atoms with Crippen molar-refractivity contribution >= 4 is 5.91 Å². The fraction of sp³-hybridized carbons (Fsp3) is 0.435. The fourth-order valence-corrected chi connectivity index (χ4v) is 3.89. The molecule has 0 unspecified atom stereocenters. The minimum Gasteiger partial charge on any atom is -0.339 e.